The van der Waals surface area contributed by atoms with E-state index in [2.05, 4.69) is 162 Å². The van der Waals surface area contributed by atoms with Crippen LogP contribution < -0.4 is 5.73 Å². The van der Waals surface area contributed by atoms with Crippen LogP contribution in [0, 0.1) is 0 Å². The standard InChI is InChI=1S/C49H59N3/c1-27(2)36-18-15-19-37(28(3)4)46(36)51-48-38-20-13-16-35-17-14-21-39(44(35)38)49(48)52-47-42(31(9)10)25-34(26-43(47)32(11)12)22-33-23-40(29(5)6)45(50)41(24-33)30(7)8/h13-21,23-32H,22,50H2,1-12H3. The second-order valence-corrected chi connectivity index (χ2v) is 16.8. The fourth-order valence-electron chi connectivity index (χ4n) is 7.99. The predicted molar refractivity (Wildman–Crippen MR) is 227 cm³/mol. The quantitative estimate of drug-likeness (QED) is 0.146. The van der Waals surface area contributed by atoms with Crippen LogP contribution in [0.4, 0.5) is 17.1 Å². The van der Waals surface area contributed by atoms with Gasteiger partial charge in [-0.3, -0.25) is 0 Å². The maximum Gasteiger partial charge on any atom is 0.0979 e. The Bertz CT molecular complexity index is 2100. The highest BCUT2D eigenvalue weighted by Gasteiger charge is 2.29. The lowest BCUT2D eigenvalue weighted by atomic mass is 9.86. The average Bonchev–Trinajstić information content (AvgIpc) is 3.38. The monoisotopic (exact) mass is 689 g/mol. The summed E-state index contributed by atoms with van der Waals surface area (Å²) in [5.74, 6) is 2.01. The van der Waals surface area contributed by atoms with Gasteiger partial charge < -0.3 is 5.73 Å². The summed E-state index contributed by atoms with van der Waals surface area (Å²) < 4.78 is 0. The molecule has 0 amide bonds. The number of hydrogen-bond acceptors (Lipinski definition) is 3. The molecule has 0 aliphatic heterocycles. The lowest BCUT2D eigenvalue weighted by Gasteiger charge is -2.22. The van der Waals surface area contributed by atoms with Crippen molar-refractivity contribution in [2.75, 3.05) is 5.73 Å². The molecule has 270 valence electrons. The van der Waals surface area contributed by atoms with E-state index >= 15 is 0 Å². The minimum atomic E-state index is 0.287. The first kappa shape index (κ1) is 37.3. The first-order chi connectivity index (χ1) is 24.7. The second-order valence-electron chi connectivity index (χ2n) is 16.8. The van der Waals surface area contributed by atoms with Gasteiger partial charge in [0.15, 0.2) is 0 Å². The third-order valence-electron chi connectivity index (χ3n) is 10.9. The van der Waals surface area contributed by atoms with Gasteiger partial charge in [0.05, 0.1) is 22.8 Å². The molecule has 5 aromatic carbocycles. The van der Waals surface area contributed by atoms with E-state index in [1.165, 1.54) is 60.8 Å². The number of nitrogens with two attached hydrogens (primary N) is 1. The highest BCUT2D eigenvalue weighted by molar-refractivity contribution is 6.61. The zero-order chi connectivity index (χ0) is 37.6. The Morgan fingerprint density at radius 1 is 0.442 bits per heavy atom. The Kier molecular flexibility index (Phi) is 10.6. The van der Waals surface area contributed by atoms with E-state index < -0.39 is 0 Å². The Labute approximate surface area is 313 Å². The van der Waals surface area contributed by atoms with Crippen LogP contribution in [0.25, 0.3) is 10.8 Å². The normalized spacial score (nSPS) is 14.7. The Hall–Kier alpha value is -4.50. The van der Waals surface area contributed by atoms with Gasteiger partial charge >= 0.3 is 0 Å². The van der Waals surface area contributed by atoms with Crippen LogP contribution in [-0.4, -0.2) is 11.4 Å². The number of para-hydroxylation sites is 1. The maximum atomic E-state index is 6.71. The molecule has 52 heavy (non-hydrogen) atoms. The van der Waals surface area contributed by atoms with Crippen molar-refractivity contribution in [3.05, 3.63) is 134 Å². The van der Waals surface area contributed by atoms with Gasteiger partial charge in [-0.15, -0.1) is 0 Å². The molecule has 0 aromatic heterocycles. The molecule has 3 nitrogen and oxygen atoms in total. The third-order valence-corrected chi connectivity index (χ3v) is 10.9. The highest BCUT2D eigenvalue weighted by Crippen LogP contribution is 2.42. The molecule has 1 aliphatic carbocycles. The molecule has 0 radical (unpaired) electrons. The van der Waals surface area contributed by atoms with E-state index in [1.54, 1.807) is 0 Å². The molecule has 1 aliphatic rings. The van der Waals surface area contributed by atoms with Gasteiger partial charge in [-0.05, 0) is 91.8 Å². The molecule has 0 saturated heterocycles. The van der Waals surface area contributed by atoms with E-state index in [-0.39, 0.29) is 11.8 Å². The number of hydrogen-bond donors (Lipinski definition) is 1. The molecule has 0 fully saturated rings. The van der Waals surface area contributed by atoms with Crippen LogP contribution in [-0.2, 0) is 6.42 Å². The predicted octanol–water partition coefficient (Wildman–Crippen LogP) is 14.0. The molecule has 6 rings (SSSR count). The summed E-state index contributed by atoms with van der Waals surface area (Å²) in [6.45, 7) is 27.3. The van der Waals surface area contributed by atoms with E-state index in [1.807, 2.05) is 0 Å². The van der Waals surface area contributed by atoms with Crippen molar-refractivity contribution in [1.82, 2.24) is 0 Å². The number of rotatable bonds is 10. The zero-order valence-electron chi connectivity index (χ0n) is 33.6. The summed E-state index contributed by atoms with van der Waals surface area (Å²) in [6, 6.07) is 29.4. The van der Waals surface area contributed by atoms with Crippen molar-refractivity contribution in [1.29, 1.82) is 0 Å². The van der Waals surface area contributed by atoms with Gasteiger partial charge in [0.25, 0.3) is 0 Å². The smallest absolute Gasteiger partial charge is 0.0979 e. The Balaban J connectivity index is 1.60. The van der Waals surface area contributed by atoms with Crippen LogP contribution in [0.15, 0.2) is 88.8 Å². The molecular formula is C49H59N3. The topological polar surface area (TPSA) is 50.7 Å². The molecule has 0 heterocycles. The van der Waals surface area contributed by atoms with Crippen LogP contribution >= 0.6 is 0 Å². The number of benzene rings is 5. The largest absolute Gasteiger partial charge is 0.398 e. The van der Waals surface area contributed by atoms with E-state index in [0.29, 0.717) is 23.7 Å². The Morgan fingerprint density at radius 2 is 0.788 bits per heavy atom. The van der Waals surface area contributed by atoms with Crippen LogP contribution in [0.1, 0.15) is 174 Å². The highest BCUT2D eigenvalue weighted by atomic mass is 14.9. The van der Waals surface area contributed by atoms with Crippen LogP contribution in [0.2, 0.25) is 0 Å². The van der Waals surface area contributed by atoms with Gasteiger partial charge in [0.2, 0.25) is 0 Å². The maximum absolute atomic E-state index is 6.71. The molecule has 0 atom stereocenters. The summed E-state index contributed by atoms with van der Waals surface area (Å²) >= 11 is 0. The van der Waals surface area contributed by atoms with Crippen molar-refractivity contribution in [2.24, 2.45) is 9.98 Å². The molecule has 0 saturated carbocycles. The molecular weight excluding hydrogens is 631 g/mol. The van der Waals surface area contributed by atoms with Crippen molar-refractivity contribution < 1.29 is 0 Å². The van der Waals surface area contributed by atoms with Crippen molar-refractivity contribution in [2.45, 2.75) is 125 Å². The van der Waals surface area contributed by atoms with Gasteiger partial charge in [-0.25, -0.2) is 9.98 Å². The van der Waals surface area contributed by atoms with Crippen LogP contribution in [0.3, 0.4) is 0 Å². The average molecular weight is 690 g/mol. The van der Waals surface area contributed by atoms with Gasteiger partial charge in [-0.1, -0.05) is 162 Å². The van der Waals surface area contributed by atoms with Crippen molar-refractivity contribution >= 4 is 39.3 Å². The number of aliphatic imine (C=N–C) groups is 2. The fraction of sp³-hybridized carbons (Fsp3) is 0.388. The second kappa shape index (κ2) is 14.9. The van der Waals surface area contributed by atoms with Gasteiger partial charge in [0, 0.05) is 22.2 Å². The van der Waals surface area contributed by atoms with Gasteiger partial charge in [-0.2, -0.15) is 0 Å². The molecule has 0 spiro atoms. The number of nitrogen functional groups attached to an aromatic ring is 1. The SMILES string of the molecule is CC(C)c1cc(Cc2cc(C(C)C)c(N=C3C(=Nc4c(C(C)C)cccc4C(C)C)c4cccc5cccc3c45)c(C(C)C)c2)cc(C(C)C)c1N. The minimum absolute atomic E-state index is 0.287. The summed E-state index contributed by atoms with van der Waals surface area (Å²) in [6.07, 6.45) is 0.859. The minimum Gasteiger partial charge on any atom is -0.398 e. The van der Waals surface area contributed by atoms with Crippen molar-refractivity contribution in [3.8, 4) is 0 Å². The number of nitrogens with zero attached hydrogens (tertiary/aromatic N) is 2. The lowest BCUT2D eigenvalue weighted by Crippen LogP contribution is -2.12. The molecule has 0 unspecified atom stereocenters. The molecule has 2 N–H and O–H groups in total. The summed E-state index contributed by atoms with van der Waals surface area (Å²) in [4.78, 5) is 11.4. The molecule has 3 heteroatoms. The van der Waals surface area contributed by atoms with E-state index in [0.717, 1.165) is 40.5 Å². The van der Waals surface area contributed by atoms with Gasteiger partial charge in [0.1, 0.15) is 0 Å². The fourth-order valence-corrected chi connectivity index (χ4v) is 7.99. The Morgan fingerprint density at radius 3 is 1.17 bits per heavy atom. The molecule has 0 bridgehead atoms. The lowest BCUT2D eigenvalue weighted by molar-refractivity contribution is 0.826. The summed E-state index contributed by atoms with van der Waals surface area (Å²) in [5, 5.41) is 2.47. The number of anilines is 1. The first-order valence-electron chi connectivity index (χ1n) is 19.6. The first-order valence-corrected chi connectivity index (χ1v) is 19.6. The summed E-state index contributed by atoms with van der Waals surface area (Å²) in [7, 11) is 0. The third kappa shape index (κ3) is 6.99. The van der Waals surface area contributed by atoms with E-state index in [9.17, 15) is 0 Å². The summed E-state index contributed by atoms with van der Waals surface area (Å²) in [5.41, 5.74) is 24.4. The van der Waals surface area contributed by atoms with E-state index in [4.69, 9.17) is 15.7 Å². The molecule has 5 aromatic rings. The zero-order valence-corrected chi connectivity index (χ0v) is 33.6. The van der Waals surface area contributed by atoms with Crippen molar-refractivity contribution in [3.63, 3.8) is 0 Å². The van der Waals surface area contributed by atoms with Crippen LogP contribution in [0.5, 0.6) is 0 Å².